The molecule has 1 fully saturated rings. The summed E-state index contributed by atoms with van der Waals surface area (Å²) in [6.45, 7) is 2.57. The normalized spacial score (nSPS) is 22.8. The molecular formula is C16H20FN3O2. The van der Waals surface area contributed by atoms with Crippen molar-refractivity contribution in [3.05, 3.63) is 53.6 Å². The van der Waals surface area contributed by atoms with E-state index < -0.39 is 5.60 Å². The van der Waals surface area contributed by atoms with E-state index in [4.69, 9.17) is 4.74 Å². The predicted octanol–water partition coefficient (Wildman–Crippen LogP) is 1.35. The number of nitrogens with one attached hydrogen (secondary N) is 1. The van der Waals surface area contributed by atoms with Crippen LogP contribution in [0.25, 0.3) is 0 Å². The highest BCUT2D eigenvalue weighted by Gasteiger charge is 2.36. The number of morpholine rings is 1. The minimum absolute atomic E-state index is 0.0943. The Balaban J connectivity index is 1.71. The smallest absolute Gasteiger partial charge is 0.123 e. The summed E-state index contributed by atoms with van der Waals surface area (Å²) in [4.78, 5) is 2.21. The molecule has 118 valence electrons. The Morgan fingerprint density at radius 2 is 2.32 bits per heavy atom. The van der Waals surface area contributed by atoms with Crippen molar-refractivity contribution in [3.63, 3.8) is 0 Å². The number of benzene rings is 1. The van der Waals surface area contributed by atoms with Crippen LogP contribution in [0.15, 0.2) is 36.5 Å². The number of H-pyrrole nitrogens is 1. The lowest BCUT2D eigenvalue weighted by Gasteiger charge is -2.41. The number of nitrogens with zero attached hydrogens (tertiary/aromatic N) is 2. The lowest BCUT2D eigenvalue weighted by Crippen LogP contribution is -2.55. The van der Waals surface area contributed by atoms with Gasteiger partial charge in [-0.15, -0.1) is 0 Å². The first-order valence-corrected chi connectivity index (χ1v) is 7.39. The number of aliphatic hydroxyl groups is 1. The van der Waals surface area contributed by atoms with Crippen LogP contribution in [-0.2, 0) is 17.7 Å². The Bertz CT molecular complexity index is 605. The lowest BCUT2D eigenvalue weighted by atomic mass is 9.93. The summed E-state index contributed by atoms with van der Waals surface area (Å²) >= 11 is 0. The van der Waals surface area contributed by atoms with Gasteiger partial charge in [-0.3, -0.25) is 10.00 Å². The van der Waals surface area contributed by atoms with Gasteiger partial charge < -0.3 is 9.84 Å². The molecule has 0 spiro atoms. The summed E-state index contributed by atoms with van der Waals surface area (Å²) in [5, 5.41) is 16.7. The van der Waals surface area contributed by atoms with E-state index in [-0.39, 0.29) is 12.4 Å². The van der Waals surface area contributed by atoms with E-state index in [0.717, 1.165) is 24.3 Å². The molecule has 1 aliphatic heterocycles. The summed E-state index contributed by atoms with van der Waals surface area (Å²) in [5.41, 5.74) is 1.17. The largest absolute Gasteiger partial charge is 0.393 e. The average molecular weight is 305 g/mol. The van der Waals surface area contributed by atoms with E-state index >= 15 is 0 Å². The zero-order valence-corrected chi connectivity index (χ0v) is 12.3. The molecule has 0 aliphatic carbocycles. The van der Waals surface area contributed by atoms with Crippen molar-refractivity contribution in [2.24, 2.45) is 0 Å². The zero-order chi connectivity index (χ0) is 15.4. The van der Waals surface area contributed by atoms with Gasteiger partial charge in [0.2, 0.25) is 0 Å². The third-order valence-corrected chi connectivity index (χ3v) is 3.98. The average Bonchev–Trinajstić information content (AvgIpc) is 3.00. The maximum atomic E-state index is 13.4. The Morgan fingerprint density at radius 3 is 3.05 bits per heavy atom. The van der Waals surface area contributed by atoms with Gasteiger partial charge in [-0.05, 0) is 23.8 Å². The molecule has 1 aliphatic rings. The fourth-order valence-electron chi connectivity index (χ4n) is 2.95. The minimum Gasteiger partial charge on any atom is -0.393 e. The first kappa shape index (κ1) is 15.1. The van der Waals surface area contributed by atoms with Gasteiger partial charge in [0.15, 0.2) is 0 Å². The Hall–Kier alpha value is -1.76. The third-order valence-electron chi connectivity index (χ3n) is 3.98. The van der Waals surface area contributed by atoms with Crippen LogP contribution in [0, 0.1) is 5.82 Å². The molecule has 1 aromatic carbocycles. The molecule has 3 rings (SSSR count). The Morgan fingerprint density at radius 1 is 1.41 bits per heavy atom. The molecule has 1 atom stereocenters. The highest BCUT2D eigenvalue weighted by Crippen LogP contribution is 2.24. The number of hydrogen-bond acceptors (Lipinski definition) is 4. The number of aromatic amines is 1. The van der Waals surface area contributed by atoms with Crippen molar-refractivity contribution >= 4 is 0 Å². The Kier molecular flexibility index (Phi) is 4.52. The predicted molar refractivity (Wildman–Crippen MR) is 79.7 cm³/mol. The van der Waals surface area contributed by atoms with Crippen LogP contribution in [0.4, 0.5) is 4.39 Å². The zero-order valence-electron chi connectivity index (χ0n) is 12.3. The van der Waals surface area contributed by atoms with Gasteiger partial charge >= 0.3 is 0 Å². The van der Waals surface area contributed by atoms with Gasteiger partial charge in [0.1, 0.15) is 11.4 Å². The minimum atomic E-state index is -0.688. The van der Waals surface area contributed by atoms with Crippen molar-refractivity contribution in [2.45, 2.75) is 18.6 Å². The van der Waals surface area contributed by atoms with Gasteiger partial charge in [-0.1, -0.05) is 12.1 Å². The summed E-state index contributed by atoms with van der Waals surface area (Å²) in [6.07, 6.45) is 2.21. The molecule has 1 saturated heterocycles. The highest BCUT2D eigenvalue weighted by atomic mass is 19.1. The van der Waals surface area contributed by atoms with E-state index in [0.29, 0.717) is 19.6 Å². The molecule has 0 bridgehead atoms. The van der Waals surface area contributed by atoms with Crippen LogP contribution in [-0.4, -0.2) is 52.1 Å². The number of aliphatic hydroxyl groups excluding tert-OH is 1. The number of hydrogen-bond donors (Lipinski definition) is 2. The standard InChI is InChI=1S/C16H20FN3O2/c17-14-3-1-2-13(8-14)9-16(12-21)11-20(6-7-22-16)10-15-4-5-18-19-15/h1-5,8,21H,6-7,9-12H2,(H,18,19)/t16-/m0/s1. The van der Waals surface area contributed by atoms with Crippen molar-refractivity contribution in [1.29, 1.82) is 0 Å². The topological polar surface area (TPSA) is 61.4 Å². The third kappa shape index (κ3) is 3.52. The number of halogens is 1. The van der Waals surface area contributed by atoms with Gasteiger partial charge in [0.05, 0.1) is 13.2 Å². The number of rotatable bonds is 5. The molecule has 1 aromatic heterocycles. The molecular weight excluding hydrogens is 285 g/mol. The molecule has 6 heteroatoms. The van der Waals surface area contributed by atoms with Crippen LogP contribution < -0.4 is 0 Å². The number of ether oxygens (including phenoxy) is 1. The fraction of sp³-hybridized carbons (Fsp3) is 0.438. The molecule has 2 N–H and O–H groups in total. The maximum Gasteiger partial charge on any atom is 0.123 e. The second kappa shape index (κ2) is 6.56. The molecule has 5 nitrogen and oxygen atoms in total. The van der Waals surface area contributed by atoms with Crippen molar-refractivity contribution in [1.82, 2.24) is 15.1 Å². The first-order valence-electron chi connectivity index (χ1n) is 7.39. The molecule has 0 amide bonds. The summed E-state index contributed by atoms with van der Waals surface area (Å²) in [7, 11) is 0. The van der Waals surface area contributed by atoms with E-state index in [1.807, 2.05) is 12.1 Å². The van der Waals surface area contributed by atoms with Crippen LogP contribution in [0.1, 0.15) is 11.3 Å². The summed E-state index contributed by atoms with van der Waals surface area (Å²) < 4.78 is 19.2. The summed E-state index contributed by atoms with van der Waals surface area (Å²) in [6, 6.07) is 8.39. The van der Waals surface area contributed by atoms with Crippen LogP contribution in [0.5, 0.6) is 0 Å². The van der Waals surface area contributed by atoms with Crippen molar-refractivity contribution in [3.8, 4) is 0 Å². The van der Waals surface area contributed by atoms with Crippen LogP contribution >= 0.6 is 0 Å². The van der Waals surface area contributed by atoms with Gasteiger partial charge in [0, 0.05) is 37.9 Å². The van der Waals surface area contributed by atoms with E-state index in [1.165, 1.54) is 12.1 Å². The van der Waals surface area contributed by atoms with Gasteiger partial charge in [-0.2, -0.15) is 5.10 Å². The van der Waals surface area contributed by atoms with Gasteiger partial charge in [0.25, 0.3) is 0 Å². The monoisotopic (exact) mass is 305 g/mol. The molecule has 2 aromatic rings. The highest BCUT2D eigenvalue weighted by molar-refractivity contribution is 5.19. The molecule has 0 unspecified atom stereocenters. The van der Waals surface area contributed by atoms with Crippen LogP contribution in [0.3, 0.4) is 0 Å². The van der Waals surface area contributed by atoms with E-state index in [9.17, 15) is 9.50 Å². The second-order valence-electron chi connectivity index (χ2n) is 5.79. The van der Waals surface area contributed by atoms with Gasteiger partial charge in [-0.25, -0.2) is 4.39 Å². The van der Waals surface area contributed by atoms with Crippen molar-refractivity contribution < 1.29 is 14.2 Å². The Labute approximate surface area is 128 Å². The molecule has 2 heterocycles. The number of aromatic nitrogens is 2. The molecule has 22 heavy (non-hydrogen) atoms. The SMILES string of the molecule is OC[C@]1(Cc2cccc(F)c2)CN(Cc2ccn[nH]2)CCO1. The summed E-state index contributed by atoms with van der Waals surface area (Å²) in [5.74, 6) is -0.268. The second-order valence-corrected chi connectivity index (χ2v) is 5.79. The van der Waals surface area contributed by atoms with Crippen molar-refractivity contribution in [2.75, 3.05) is 26.3 Å². The fourth-order valence-corrected chi connectivity index (χ4v) is 2.95. The molecule has 0 saturated carbocycles. The van der Waals surface area contributed by atoms with E-state index in [1.54, 1.807) is 12.3 Å². The van der Waals surface area contributed by atoms with E-state index in [2.05, 4.69) is 15.1 Å². The van der Waals surface area contributed by atoms with Crippen LogP contribution in [0.2, 0.25) is 0 Å². The first-order chi connectivity index (χ1) is 10.7. The lowest BCUT2D eigenvalue weighted by molar-refractivity contribution is -0.134. The molecule has 0 radical (unpaired) electrons. The quantitative estimate of drug-likeness (QED) is 0.875. The maximum absolute atomic E-state index is 13.4.